The van der Waals surface area contributed by atoms with Gasteiger partial charge in [-0.2, -0.15) is 0 Å². The van der Waals surface area contributed by atoms with Gasteiger partial charge in [0.25, 0.3) is 11.7 Å². The highest BCUT2D eigenvalue weighted by Gasteiger charge is 2.73. The van der Waals surface area contributed by atoms with E-state index in [1.54, 1.807) is 16.7 Å². The third kappa shape index (κ3) is 2.88. The smallest absolute Gasteiger partial charge is 0.272 e. The van der Waals surface area contributed by atoms with E-state index in [1.807, 2.05) is 43.5 Å². The number of aromatic nitrogens is 2. The van der Waals surface area contributed by atoms with Gasteiger partial charge in [-0.15, -0.1) is 0 Å². The molecule has 1 saturated carbocycles. The van der Waals surface area contributed by atoms with E-state index in [0.717, 1.165) is 17.5 Å². The van der Waals surface area contributed by atoms with Crippen molar-refractivity contribution in [2.45, 2.75) is 57.3 Å². The number of fused-ring (bicyclic) bond motifs is 6. The SMILES string of the molecule is Cc1ccn2cc(C(=O)NC34C(=O)C5=C(N)CCCC=C5C3(O)Oc3cc(C(C)C)ccc34)nc2c1. The second kappa shape index (κ2) is 7.54. The summed E-state index contributed by atoms with van der Waals surface area (Å²) in [6, 6.07) is 9.26. The van der Waals surface area contributed by atoms with E-state index in [-0.39, 0.29) is 17.2 Å². The molecule has 0 bridgehead atoms. The number of imidazole rings is 1. The number of nitrogens with one attached hydrogen (secondary N) is 1. The first-order valence-corrected chi connectivity index (χ1v) is 12.2. The molecule has 36 heavy (non-hydrogen) atoms. The highest BCUT2D eigenvalue weighted by atomic mass is 16.6. The van der Waals surface area contributed by atoms with E-state index < -0.39 is 23.0 Å². The minimum absolute atomic E-state index is 0.125. The van der Waals surface area contributed by atoms with Crippen LogP contribution in [0, 0.1) is 6.92 Å². The molecule has 1 aliphatic heterocycles. The fourth-order valence-corrected chi connectivity index (χ4v) is 5.58. The maximum Gasteiger partial charge on any atom is 0.272 e. The predicted molar refractivity (Wildman–Crippen MR) is 133 cm³/mol. The van der Waals surface area contributed by atoms with Gasteiger partial charge in [0.2, 0.25) is 11.3 Å². The fourth-order valence-electron chi connectivity index (χ4n) is 5.58. The molecule has 3 heterocycles. The molecular weight excluding hydrogens is 456 g/mol. The molecule has 3 aromatic rings. The maximum absolute atomic E-state index is 14.2. The molecule has 4 N–H and O–H groups in total. The van der Waals surface area contributed by atoms with Crippen molar-refractivity contribution in [2.24, 2.45) is 5.73 Å². The number of nitrogens with two attached hydrogens (primary N) is 1. The van der Waals surface area contributed by atoms with Gasteiger partial charge in [0.15, 0.2) is 0 Å². The zero-order valence-electron chi connectivity index (χ0n) is 20.5. The van der Waals surface area contributed by atoms with E-state index in [4.69, 9.17) is 10.5 Å². The summed E-state index contributed by atoms with van der Waals surface area (Å²) in [4.78, 5) is 32.3. The minimum Gasteiger partial charge on any atom is -0.454 e. The zero-order valence-corrected chi connectivity index (χ0v) is 20.5. The molecule has 184 valence electrons. The molecule has 3 aliphatic rings. The quantitative estimate of drug-likeness (QED) is 0.524. The molecule has 6 rings (SSSR count). The molecule has 2 aromatic heterocycles. The first-order valence-electron chi connectivity index (χ1n) is 12.2. The number of nitrogens with zero attached hydrogens (tertiary/aromatic N) is 2. The Hall–Kier alpha value is -3.91. The number of benzene rings is 1. The summed E-state index contributed by atoms with van der Waals surface area (Å²) in [6.45, 7) is 6.05. The number of hydrogen-bond donors (Lipinski definition) is 3. The Bertz CT molecular complexity index is 1530. The summed E-state index contributed by atoms with van der Waals surface area (Å²) in [6.07, 6.45) is 7.13. The number of allylic oxidation sites excluding steroid dienone is 2. The number of carbonyl (C=O) groups is 2. The van der Waals surface area contributed by atoms with Crippen LogP contribution in [0.2, 0.25) is 0 Å². The third-order valence-corrected chi connectivity index (χ3v) is 7.51. The average molecular weight is 485 g/mol. The van der Waals surface area contributed by atoms with Gasteiger partial charge in [0.05, 0.1) is 0 Å². The Balaban J connectivity index is 1.54. The molecule has 0 radical (unpaired) electrons. The number of ether oxygens (including phenoxy) is 1. The van der Waals surface area contributed by atoms with E-state index in [9.17, 15) is 14.7 Å². The van der Waals surface area contributed by atoms with Crippen LogP contribution in [0.4, 0.5) is 0 Å². The van der Waals surface area contributed by atoms with Crippen molar-refractivity contribution < 1.29 is 19.4 Å². The highest BCUT2D eigenvalue weighted by molar-refractivity contribution is 6.16. The Kier molecular flexibility index (Phi) is 4.72. The van der Waals surface area contributed by atoms with Crippen LogP contribution in [0.15, 0.2) is 65.6 Å². The van der Waals surface area contributed by atoms with E-state index >= 15 is 0 Å². The molecule has 8 nitrogen and oxygen atoms in total. The van der Waals surface area contributed by atoms with Gasteiger partial charge < -0.3 is 25.3 Å². The highest BCUT2D eigenvalue weighted by Crippen LogP contribution is 2.59. The monoisotopic (exact) mass is 484 g/mol. The number of ketones is 1. The Morgan fingerprint density at radius 3 is 2.86 bits per heavy atom. The summed E-state index contributed by atoms with van der Waals surface area (Å²) in [5, 5.41) is 15.0. The number of carbonyl (C=O) groups excluding carboxylic acids is 2. The molecule has 1 fully saturated rings. The summed E-state index contributed by atoms with van der Waals surface area (Å²) < 4.78 is 7.94. The minimum atomic E-state index is -2.13. The maximum atomic E-state index is 14.2. The molecular formula is C28H28N4O4. The molecule has 1 aromatic carbocycles. The van der Waals surface area contributed by atoms with Crippen molar-refractivity contribution in [3.63, 3.8) is 0 Å². The first-order chi connectivity index (χ1) is 17.2. The van der Waals surface area contributed by atoms with Crippen LogP contribution in [0.1, 0.15) is 66.2 Å². The van der Waals surface area contributed by atoms with Crippen molar-refractivity contribution in [1.82, 2.24) is 14.7 Å². The molecule has 2 unspecified atom stereocenters. The van der Waals surface area contributed by atoms with Crippen LogP contribution < -0.4 is 15.8 Å². The molecule has 0 saturated heterocycles. The number of aliphatic hydroxyl groups is 1. The number of hydrogen-bond acceptors (Lipinski definition) is 6. The van der Waals surface area contributed by atoms with Crippen LogP contribution in [0.3, 0.4) is 0 Å². The molecule has 0 spiro atoms. The Labute approximate surface area is 208 Å². The van der Waals surface area contributed by atoms with Gasteiger partial charge >= 0.3 is 0 Å². The van der Waals surface area contributed by atoms with E-state index in [1.165, 1.54) is 0 Å². The summed E-state index contributed by atoms with van der Waals surface area (Å²) in [5.41, 5.74) is 8.54. The standard InChI is InChI=1S/C28H28N4O4/c1-15(2)17-8-9-18-22(13-17)36-28(35)19-6-4-5-7-20(29)24(19)25(33)27(18,28)31-26(34)21-14-32-11-10-16(3)12-23(32)30-21/h6,8-15,35H,4-5,7,29H2,1-3H3,(H,31,34). The number of rotatable bonds is 3. The second-order valence-electron chi connectivity index (χ2n) is 10.2. The van der Waals surface area contributed by atoms with Crippen molar-refractivity contribution >= 4 is 17.3 Å². The van der Waals surface area contributed by atoms with Crippen LogP contribution >= 0.6 is 0 Å². The lowest BCUT2D eigenvalue weighted by atomic mass is 9.82. The van der Waals surface area contributed by atoms with Crippen molar-refractivity contribution in [2.75, 3.05) is 0 Å². The number of pyridine rings is 1. The first kappa shape index (κ1) is 22.5. The lowest BCUT2D eigenvalue weighted by Crippen LogP contribution is -2.62. The van der Waals surface area contributed by atoms with Crippen LogP contribution in [0.25, 0.3) is 5.65 Å². The van der Waals surface area contributed by atoms with Crippen molar-refractivity contribution in [1.29, 1.82) is 0 Å². The van der Waals surface area contributed by atoms with Gasteiger partial charge in [-0.1, -0.05) is 32.1 Å². The van der Waals surface area contributed by atoms with Crippen molar-refractivity contribution in [3.8, 4) is 5.75 Å². The Morgan fingerprint density at radius 1 is 1.28 bits per heavy atom. The van der Waals surface area contributed by atoms with E-state index in [2.05, 4.69) is 24.1 Å². The average Bonchev–Trinajstić information content (AvgIpc) is 3.35. The lowest BCUT2D eigenvalue weighted by molar-refractivity contribution is -0.152. The van der Waals surface area contributed by atoms with Crippen molar-refractivity contribution in [3.05, 3.63) is 88.0 Å². The summed E-state index contributed by atoms with van der Waals surface area (Å²) in [5.74, 6) is -2.62. The van der Waals surface area contributed by atoms with Gasteiger partial charge in [0, 0.05) is 34.8 Å². The van der Waals surface area contributed by atoms with Crippen LogP contribution in [-0.2, 0) is 10.3 Å². The molecule has 8 heteroatoms. The fraction of sp³-hybridized carbons (Fsp3) is 0.321. The lowest BCUT2D eigenvalue weighted by Gasteiger charge is -2.33. The predicted octanol–water partition coefficient (Wildman–Crippen LogP) is 3.38. The van der Waals surface area contributed by atoms with Crippen LogP contribution in [-0.4, -0.2) is 32.0 Å². The molecule has 2 aliphatic carbocycles. The normalized spacial score (nSPS) is 24.8. The van der Waals surface area contributed by atoms with Gasteiger partial charge in [0.1, 0.15) is 17.1 Å². The zero-order chi connectivity index (χ0) is 25.4. The van der Waals surface area contributed by atoms with Gasteiger partial charge in [-0.3, -0.25) is 9.59 Å². The summed E-state index contributed by atoms with van der Waals surface area (Å²) >= 11 is 0. The topological polar surface area (TPSA) is 119 Å². The molecule has 1 amide bonds. The third-order valence-electron chi connectivity index (χ3n) is 7.51. The molecule has 2 atom stereocenters. The number of amides is 1. The number of Topliss-reactive ketones (excluding diaryl/α,β-unsaturated/α-hetero) is 1. The van der Waals surface area contributed by atoms with Crippen LogP contribution in [0.5, 0.6) is 5.75 Å². The van der Waals surface area contributed by atoms with Gasteiger partial charge in [-0.25, -0.2) is 4.98 Å². The second-order valence-corrected chi connectivity index (χ2v) is 10.2. The van der Waals surface area contributed by atoms with E-state index in [0.29, 0.717) is 41.1 Å². The number of aryl methyl sites for hydroxylation is 1. The van der Waals surface area contributed by atoms with Gasteiger partial charge in [-0.05, 0) is 61.4 Å². The summed E-state index contributed by atoms with van der Waals surface area (Å²) in [7, 11) is 0. The largest absolute Gasteiger partial charge is 0.454 e. The Morgan fingerprint density at radius 2 is 2.08 bits per heavy atom.